The van der Waals surface area contributed by atoms with Crippen molar-refractivity contribution in [1.29, 1.82) is 0 Å². The van der Waals surface area contributed by atoms with E-state index in [1.807, 2.05) is 42.8 Å². The Morgan fingerprint density at radius 1 is 1.03 bits per heavy atom. The van der Waals surface area contributed by atoms with Gasteiger partial charge in [-0.2, -0.15) is 0 Å². The van der Waals surface area contributed by atoms with Gasteiger partial charge in [-0.3, -0.25) is 0 Å². The first-order valence-electron chi connectivity index (χ1n) is 10.8. The van der Waals surface area contributed by atoms with Gasteiger partial charge in [0.05, 0.1) is 25.4 Å². The summed E-state index contributed by atoms with van der Waals surface area (Å²) in [5.74, 6) is 1.97. The zero-order chi connectivity index (χ0) is 23.9. The molecule has 1 aromatic heterocycles. The number of aryl methyl sites for hydroxylation is 2. The number of hydrogen-bond donors (Lipinski definition) is 1. The summed E-state index contributed by atoms with van der Waals surface area (Å²) in [6, 6.07) is 16.2. The summed E-state index contributed by atoms with van der Waals surface area (Å²) >= 11 is 6.29. The number of imidazole rings is 1. The molecule has 0 unspecified atom stereocenters. The molecule has 2 N–H and O–H groups in total. The number of anilines is 3. The number of nitrogens with zero attached hydrogens (tertiary/aromatic N) is 3. The van der Waals surface area contributed by atoms with Crippen LogP contribution in [0.3, 0.4) is 0 Å². The third kappa shape index (κ3) is 3.95. The molecule has 6 nitrogen and oxygen atoms in total. The topological polar surface area (TPSA) is 65.5 Å². The van der Waals surface area contributed by atoms with Crippen molar-refractivity contribution in [3.8, 4) is 22.6 Å². The van der Waals surface area contributed by atoms with E-state index in [0.29, 0.717) is 16.7 Å². The van der Waals surface area contributed by atoms with Crippen LogP contribution in [0.4, 0.5) is 17.3 Å². The van der Waals surface area contributed by atoms with Crippen LogP contribution < -0.4 is 20.1 Å². The van der Waals surface area contributed by atoms with Gasteiger partial charge in [-0.05, 0) is 74.9 Å². The van der Waals surface area contributed by atoms with Crippen molar-refractivity contribution in [3.05, 3.63) is 59.1 Å². The van der Waals surface area contributed by atoms with Crippen molar-refractivity contribution in [3.63, 3.8) is 0 Å². The first-order valence-corrected chi connectivity index (χ1v) is 11.2. The van der Waals surface area contributed by atoms with Gasteiger partial charge in [-0.1, -0.05) is 11.6 Å². The van der Waals surface area contributed by atoms with Crippen LogP contribution in [-0.4, -0.2) is 29.8 Å². The number of nitrogen functional groups attached to an aromatic ring is 1. The van der Waals surface area contributed by atoms with E-state index < -0.39 is 0 Å². The molecule has 0 aliphatic rings. The lowest BCUT2D eigenvalue weighted by Crippen LogP contribution is -2.26. The predicted octanol–water partition coefficient (Wildman–Crippen LogP) is 6.35. The van der Waals surface area contributed by atoms with Gasteiger partial charge < -0.3 is 24.7 Å². The predicted molar refractivity (Wildman–Crippen MR) is 137 cm³/mol. The highest BCUT2D eigenvalue weighted by atomic mass is 35.5. The second-order valence-corrected chi connectivity index (χ2v) is 8.76. The van der Waals surface area contributed by atoms with Crippen LogP contribution in [0.25, 0.3) is 22.2 Å². The molecular formula is C26H29ClN4O2. The molecule has 0 amide bonds. The van der Waals surface area contributed by atoms with Crippen molar-refractivity contribution in [2.75, 3.05) is 24.9 Å². The van der Waals surface area contributed by atoms with E-state index in [1.54, 1.807) is 14.2 Å². The van der Waals surface area contributed by atoms with Gasteiger partial charge in [0, 0.05) is 34.9 Å². The SMILES string of the molecule is COc1ccc(N(c2ccc(-c3c(C)cc(Cl)cc3OC)c3nc(N)n(C)c23)C(C)C)cc1. The fourth-order valence-electron chi connectivity index (χ4n) is 4.39. The summed E-state index contributed by atoms with van der Waals surface area (Å²) in [5, 5.41) is 0.631. The van der Waals surface area contributed by atoms with Crippen LogP contribution >= 0.6 is 11.6 Å². The van der Waals surface area contributed by atoms with Gasteiger partial charge in [0.25, 0.3) is 0 Å². The number of methoxy groups -OCH3 is 2. The molecule has 0 radical (unpaired) electrons. The van der Waals surface area contributed by atoms with Gasteiger partial charge in [0.2, 0.25) is 5.95 Å². The largest absolute Gasteiger partial charge is 0.497 e. The van der Waals surface area contributed by atoms with Crippen molar-refractivity contribution in [2.24, 2.45) is 7.05 Å². The summed E-state index contributed by atoms with van der Waals surface area (Å²) in [4.78, 5) is 7.03. The van der Waals surface area contributed by atoms with E-state index in [9.17, 15) is 0 Å². The number of fused-ring (bicyclic) bond motifs is 1. The normalized spacial score (nSPS) is 11.3. The van der Waals surface area contributed by atoms with Crippen molar-refractivity contribution in [2.45, 2.75) is 26.8 Å². The third-order valence-electron chi connectivity index (χ3n) is 5.92. The first-order chi connectivity index (χ1) is 15.8. The van der Waals surface area contributed by atoms with Gasteiger partial charge in [0.15, 0.2) is 0 Å². The number of rotatable bonds is 6. The highest BCUT2D eigenvalue weighted by Crippen LogP contribution is 2.43. The number of nitrogens with two attached hydrogens (primary N) is 1. The van der Waals surface area contributed by atoms with E-state index in [-0.39, 0.29) is 6.04 Å². The Morgan fingerprint density at radius 3 is 2.33 bits per heavy atom. The quantitative estimate of drug-likeness (QED) is 0.360. The summed E-state index contributed by atoms with van der Waals surface area (Å²) in [5.41, 5.74) is 13.1. The Morgan fingerprint density at radius 2 is 1.73 bits per heavy atom. The average Bonchev–Trinajstić information content (AvgIpc) is 3.09. The Hall–Kier alpha value is -3.38. The summed E-state index contributed by atoms with van der Waals surface area (Å²) in [6.07, 6.45) is 0. The zero-order valence-corrected chi connectivity index (χ0v) is 20.6. The van der Waals surface area contributed by atoms with E-state index >= 15 is 0 Å². The minimum absolute atomic E-state index is 0.190. The molecule has 3 aromatic carbocycles. The third-order valence-corrected chi connectivity index (χ3v) is 6.13. The molecule has 1 heterocycles. The number of benzene rings is 3. The Kier molecular flexibility index (Phi) is 6.13. The lowest BCUT2D eigenvalue weighted by atomic mass is 9.97. The highest BCUT2D eigenvalue weighted by Gasteiger charge is 2.24. The number of hydrogen-bond acceptors (Lipinski definition) is 5. The molecule has 0 spiro atoms. The van der Waals surface area contributed by atoms with Gasteiger partial charge in [-0.25, -0.2) is 4.98 Å². The maximum Gasteiger partial charge on any atom is 0.201 e. The molecule has 0 bridgehead atoms. The smallest absolute Gasteiger partial charge is 0.201 e. The molecule has 0 aliphatic heterocycles. The zero-order valence-electron chi connectivity index (χ0n) is 19.8. The minimum atomic E-state index is 0.190. The Balaban J connectivity index is 2.00. The standard InChI is InChI=1S/C26H29ClN4O2/c1-15(2)31(18-7-9-19(32-5)10-8-18)21-12-11-20(24-25(21)30(4)26(28)29-24)23-16(3)13-17(27)14-22(23)33-6/h7-15H,1-6H3,(H2,28,29). The maximum atomic E-state index is 6.32. The second kappa shape index (κ2) is 8.87. The molecule has 0 aliphatic carbocycles. The average molecular weight is 465 g/mol. The van der Waals surface area contributed by atoms with Crippen molar-refractivity contribution >= 4 is 40.0 Å². The summed E-state index contributed by atoms with van der Waals surface area (Å²) in [7, 11) is 5.26. The number of aromatic nitrogens is 2. The van der Waals surface area contributed by atoms with Crippen LogP contribution in [0.5, 0.6) is 11.5 Å². The van der Waals surface area contributed by atoms with Crippen LogP contribution in [0.1, 0.15) is 19.4 Å². The van der Waals surface area contributed by atoms with Crippen molar-refractivity contribution in [1.82, 2.24) is 9.55 Å². The highest BCUT2D eigenvalue weighted by molar-refractivity contribution is 6.31. The molecule has 33 heavy (non-hydrogen) atoms. The molecule has 0 fully saturated rings. The lowest BCUT2D eigenvalue weighted by molar-refractivity contribution is 0.415. The Labute approximate surface area is 199 Å². The molecule has 0 atom stereocenters. The summed E-state index contributed by atoms with van der Waals surface area (Å²) in [6.45, 7) is 6.35. The second-order valence-electron chi connectivity index (χ2n) is 8.32. The monoisotopic (exact) mass is 464 g/mol. The molecule has 0 saturated carbocycles. The fourth-order valence-corrected chi connectivity index (χ4v) is 4.65. The lowest BCUT2D eigenvalue weighted by Gasteiger charge is -2.30. The number of halogens is 1. The van der Waals surface area contributed by atoms with E-state index in [2.05, 4.69) is 43.0 Å². The van der Waals surface area contributed by atoms with Crippen LogP contribution in [0.15, 0.2) is 48.5 Å². The molecular weight excluding hydrogens is 436 g/mol. The molecule has 0 saturated heterocycles. The van der Waals surface area contributed by atoms with Crippen molar-refractivity contribution < 1.29 is 9.47 Å². The van der Waals surface area contributed by atoms with E-state index in [4.69, 9.17) is 31.8 Å². The van der Waals surface area contributed by atoms with Crippen LogP contribution in [-0.2, 0) is 7.05 Å². The molecule has 7 heteroatoms. The van der Waals surface area contributed by atoms with Crippen LogP contribution in [0.2, 0.25) is 5.02 Å². The first kappa shape index (κ1) is 22.8. The minimum Gasteiger partial charge on any atom is -0.497 e. The molecule has 172 valence electrons. The Bertz CT molecular complexity index is 1310. The molecule has 4 aromatic rings. The van der Waals surface area contributed by atoms with Gasteiger partial charge >= 0.3 is 0 Å². The van der Waals surface area contributed by atoms with Crippen LogP contribution in [0, 0.1) is 6.92 Å². The molecule has 4 rings (SSSR count). The van der Waals surface area contributed by atoms with E-state index in [1.165, 1.54) is 0 Å². The number of ether oxygens (including phenoxy) is 2. The van der Waals surface area contributed by atoms with E-state index in [0.717, 1.165) is 44.8 Å². The van der Waals surface area contributed by atoms with Gasteiger partial charge in [-0.15, -0.1) is 0 Å². The summed E-state index contributed by atoms with van der Waals surface area (Å²) < 4.78 is 13.0. The maximum absolute atomic E-state index is 6.32. The fraction of sp³-hybridized carbons (Fsp3) is 0.269. The van der Waals surface area contributed by atoms with Gasteiger partial charge in [0.1, 0.15) is 17.0 Å².